The zero-order valence-electron chi connectivity index (χ0n) is 9.82. The number of hydrogen-bond donors (Lipinski definition) is 1. The van der Waals surface area contributed by atoms with Crippen LogP contribution in [0, 0.1) is 0 Å². The van der Waals surface area contributed by atoms with Crippen LogP contribution < -0.4 is 5.73 Å². The molecule has 2 rings (SSSR count). The number of benzene rings is 1. The van der Waals surface area contributed by atoms with Crippen molar-refractivity contribution in [1.29, 1.82) is 0 Å². The highest BCUT2D eigenvalue weighted by Gasteiger charge is 2.10. The molecule has 0 amide bonds. The topological polar surface area (TPSA) is 53.1 Å². The summed E-state index contributed by atoms with van der Waals surface area (Å²) in [5, 5.41) is 0.718. The summed E-state index contributed by atoms with van der Waals surface area (Å²) < 4.78 is 7.24. The molecule has 2 N–H and O–H groups in total. The van der Waals surface area contributed by atoms with E-state index in [0.717, 1.165) is 34.8 Å². The molecule has 0 aliphatic rings. The number of nitrogens with zero attached hydrogens (tertiary/aromatic N) is 2. The molecule has 1 heterocycles. The van der Waals surface area contributed by atoms with E-state index in [-0.39, 0.29) is 0 Å². The van der Waals surface area contributed by atoms with Crippen LogP contribution in [-0.4, -0.2) is 29.8 Å². The van der Waals surface area contributed by atoms with Gasteiger partial charge in [0.2, 0.25) is 0 Å². The molecule has 17 heavy (non-hydrogen) atoms. The maximum Gasteiger partial charge on any atom is 0.111 e. The molecular formula is C12H16ClN3O. The maximum absolute atomic E-state index is 6.01. The van der Waals surface area contributed by atoms with Gasteiger partial charge < -0.3 is 15.0 Å². The van der Waals surface area contributed by atoms with Gasteiger partial charge in [0, 0.05) is 25.1 Å². The third-order valence-corrected chi connectivity index (χ3v) is 2.91. The molecular weight excluding hydrogens is 238 g/mol. The first-order valence-electron chi connectivity index (χ1n) is 5.60. The normalized spacial score (nSPS) is 11.2. The van der Waals surface area contributed by atoms with E-state index in [9.17, 15) is 0 Å². The van der Waals surface area contributed by atoms with E-state index in [2.05, 4.69) is 9.55 Å². The summed E-state index contributed by atoms with van der Waals surface area (Å²) in [4.78, 5) is 4.57. The molecule has 0 spiro atoms. The number of ether oxygens (including phenoxy) is 1. The minimum atomic E-state index is 0.587. The minimum Gasteiger partial charge on any atom is -0.383 e. The molecule has 1 aromatic heterocycles. The zero-order valence-corrected chi connectivity index (χ0v) is 10.6. The van der Waals surface area contributed by atoms with Crippen molar-refractivity contribution in [3.05, 3.63) is 29.0 Å². The molecule has 0 radical (unpaired) electrons. The number of rotatable bonds is 5. The van der Waals surface area contributed by atoms with Crippen LogP contribution >= 0.6 is 11.6 Å². The van der Waals surface area contributed by atoms with E-state index < -0.39 is 0 Å². The van der Waals surface area contributed by atoms with Gasteiger partial charge in [-0.1, -0.05) is 11.6 Å². The van der Waals surface area contributed by atoms with E-state index in [1.807, 2.05) is 18.2 Å². The third-order valence-electron chi connectivity index (χ3n) is 2.68. The second-order valence-electron chi connectivity index (χ2n) is 3.84. The van der Waals surface area contributed by atoms with Crippen LogP contribution in [0.1, 0.15) is 5.82 Å². The monoisotopic (exact) mass is 253 g/mol. The van der Waals surface area contributed by atoms with E-state index in [1.165, 1.54) is 0 Å². The van der Waals surface area contributed by atoms with Crippen molar-refractivity contribution in [2.75, 3.05) is 20.3 Å². The summed E-state index contributed by atoms with van der Waals surface area (Å²) in [7, 11) is 1.69. The lowest BCUT2D eigenvalue weighted by Gasteiger charge is -2.07. The quantitative estimate of drug-likeness (QED) is 0.885. The van der Waals surface area contributed by atoms with Gasteiger partial charge in [0.15, 0.2) is 0 Å². The molecule has 1 aromatic carbocycles. The summed E-state index contributed by atoms with van der Waals surface area (Å²) in [6, 6.07) is 5.71. The lowest BCUT2D eigenvalue weighted by Crippen LogP contribution is -2.12. The number of hydrogen-bond acceptors (Lipinski definition) is 3. The summed E-state index contributed by atoms with van der Waals surface area (Å²) in [6.07, 6.45) is 0.760. The Morgan fingerprint density at radius 2 is 2.29 bits per heavy atom. The van der Waals surface area contributed by atoms with Gasteiger partial charge in [-0.15, -0.1) is 0 Å². The highest BCUT2D eigenvalue weighted by atomic mass is 35.5. The van der Waals surface area contributed by atoms with Crippen LogP contribution in [0.25, 0.3) is 11.0 Å². The Balaban J connectivity index is 2.47. The Kier molecular flexibility index (Phi) is 3.99. The van der Waals surface area contributed by atoms with E-state index in [4.69, 9.17) is 22.1 Å². The molecule has 0 aliphatic heterocycles. The first-order valence-corrected chi connectivity index (χ1v) is 5.97. The molecule has 0 aliphatic carbocycles. The second kappa shape index (κ2) is 5.49. The predicted molar refractivity (Wildman–Crippen MR) is 69.4 cm³/mol. The highest BCUT2D eigenvalue weighted by molar-refractivity contribution is 6.31. The fraction of sp³-hybridized carbons (Fsp3) is 0.417. The number of nitrogens with two attached hydrogens (primary N) is 1. The fourth-order valence-corrected chi connectivity index (χ4v) is 2.06. The predicted octanol–water partition coefficient (Wildman–Crippen LogP) is 1.84. The molecule has 0 bridgehead atoms. The van der Waals surface area contributed by atoms with Gasteiger partial charge >= 0.3 is 0 Å². The van der Waals surface area contributed by atoms with Gasteiger partial charge in [-0.3, -0.25) is 0 Å². The van der Waals surface area contributed by atoms with Crippen LogP contribution in [0.3, 0.4) is 0 Å². The van der Waals surface area contributed by atoms with E-state index >= 15 is 0 Å². The minimum absolute atomic E-state index is 0.587. The van der Waals surface area contributed by atoms with Gasteiger partial charge in [-0.2, -0.15) is 0 Å². The lowest BCUT2D eigenvalue weighted by molar-refractivity contribution is 0.187. The van der Waals surface area contributed by atoms with E-state index in [1.54, 1.807) is 7.11 Å². The molecule has 0 saturated carbocycles. The van der Waals surface area contributed by atoms with Crippen LogP contribution in [0.2, 0.25) is 5.02 Å². The van der Waals surface area contributed by atoms with Gasteiger partial charge in [-0.05, 0) is 24.7 Å². The average molecular weight is 254 g/mol. The zero-order chi connectivity index (χ0) is 12.3. The highest BCUT2D eigenvalue weighted by Crippen LogP contribution is 2.21. The van der Waals surface area contributed by atoms with Crippen molar-refractivity contribution in [1.82, 2.24) is 9.55 Å². The number of aromatic nitrogens is 2. The first kappa shape index (κ1) is 12.4. The molecule has 2 aromatic rings. The van der Waals surface area contributed by atoms with Gasteiger partial charge in [0.1, 0.15) is 5.82 Å². The Labute approximate surface area is 105 Å². The molecule has 0 saturated heterocycles. The second-order valence-corrected chi connectivity index (χ2v) is 4.28. The van der Waals surface area contributed by atoms with E-state index in [0.29, 0.717) is 13.2 Å². The van der Waals surface area contributed by atoms with Crippen LogP contribution in [0.4, 0.5) is 0 Å². The van der Waals surface area contributed by atoms with Crippen LogP contribution in [0.5, 0.6) is 0 Å². The van der Waals surface area contributed by atoms with Crippen molar-refractivity contribution in [3.8, 4) is 0 Å². The lowest BCUT2D eigenvalue weighted by atomic mass is 10.3. The maximum atomic E-state index is 6.01. The van der Waals surface area contributed by atoms with Crippen molar-refractivity contribution in [2.24, 2.45) is 5.73 Å². The number of methoxy groups -OCH3 is 1. The smallest absolute Gasteiger partial charge is 0.111 e. The summed E-state index contributed by atoms with van der Waals surface area (Å²) >= 11 is 6.01. The van der Waals surface area contributed by atoms with Crippen LogP contribution in [-0.2, 0) is 17.7 Å². The number of fused-ring (bicyclic) bond motifs is 1. The van der Waals surface area contributed by atoms with Crippen molar-refractivity contribution in [3.63, 3.8) is 0 Å². The van der Waals surface area contributed by atoms with Crippen molar-refractivity contribution < 1.29 is 4.74 Å². The van der Waals surface area contributed by atoms with Crippen molar-refractivity contribution in [2.45, 2.75) is 13.0 Å². The molecule has 5 heteroatoms. The third kappa shape index (κ3) is 2.60. The largest absolute Gasteiger partial charge is 0.383 e. The van der Waals surface area contributed by atoms with Gasteiger partial charge in [-0.25, -0.2) is 4.98 Å². The summed E-state index contributed by atoms with van der Waals surface area (Å²) in [6.45, 7) is 2.00. The average Bonchev–Trinajstić information content (AvgIpc) is 2.64. The molecule has 4 nitrogen and oxygen atoms in total. The Bertz CT molecular complexity index is 510. The molecule has 0 unspecified atom stereocenters. The van der Waals surface area contributed by atoms with Gasteiger partial charge in [0.05, 0.1) is 17.6 Å². The number of halogens is 1. The summed E-state index contributed by atoms with van der Waals surface area (Å²) in [5.74, 6) is 0.988. The Morgan fingerprint density at radius 3 is 3.00 bits per heavy atom. The first-order chi connectivity index (χ1) is 8.26. The Morgan fingerprint density at radius 1 is 1.47 bits per heavy atom. The molecule has 0 atom stereocenters. The summed E-state index contributed by atoms with van der Waals surface area (Å²) in [5.41, 5.74) is 7.59. The SMILES string of the molecule is COCCn1c(CCN)nc2ccc(Cl)cc21. The standard InChI is InChI=1S/C12H16ClN3O/c1-17-7-6-16-11-8-9(13)2-3-10(11)15-12(16)4-5-14/h2-3,8H,4-7,14H2,1H3. The fourth-order valence-electron chi connectivity index (χ4n) is 1.90. The molecule has 0 fully saturated rings. The van der Waals surface area contributed by atoms with Crippen molar-refractivity contribution >= 4 is 22.6 Å². The van der Waals surface area contributed by atoms with Gasteiger partial charge in [0.25, 0.3) is 0 Å². The molecule has 92 valence electrons. The Hall–Kier alpha value is -1.10. The van der Waals surface area contributed by atoms with Crippen LogP contribution in [0.15, 0.2) is 18.2 Å². The number of imidazole rings is 1.